The van der Waals surface area contributed by atoms with E-state index in [4.69, 9.17) is 14.2 Å². The Labute approximate surface area is 355 Å². The van der Waals surface area contributed by atoms with Gasteiger partial charge in [0.2, 0.25) is 0 Å². The van der Waals surface area contributed by atoms with Crippen LogP contribution in [0.5, 0.6) is 0 Å². The minimum absolute atomic E-state index is 0.0650. The highest BCUT2D eigenvalue weighted by atomic mass is 16.6. The lowest BCUT2D eigenvalue weighted by Gasteiger charge is -2.18. The molecule has 0 aliphatic rings. The first-order chi connectivity index (χ1) is 27.7. The highest BCUT2D eigenvalue weighted by molar-refractivity contribution is 5.71. The van der Waals surface area contributed by atoms with Gasteiger partial charge in [0, 0.05) is 19.3 Å². The number of carbonyl (C=O) groups is 3. The Hall–Kier alpha value is -1.59. The summed E-state index contributed by atoms with van der Waals surface area (Å²) in [5.74, 6) is 0.736. The third-order valence-corrected chi connectivity index (χ3v) is 11.5. The zero-order valence-corrected chi connectivity index (χ0v) is 39.0. The minimum Gasteiger partial charge on any atom is -0.462 e. The maximum Gasteiger partial charge on any atom is 0.306 e. The van der Waals surface area contributed by atoms with E-state index in [1.807, 2.05) is 0 Å². The number of hydrogen-bond donors (Lipinski definition) is 0. The molecule has 0 fully saturated rings. The van der Waals surface area contributed by atoms with Gasteiger partial charge in [-0.2, -0.15) is 0 Å². The van der Waals surface area contributed by atoms with Gasteiger partial charge in [-0.15, -0.1) is 0 Å². The van der Waals surface area contributed by atoms with Gasteiger partial charge in [-0.3, -0.25) is 14.4 Å². The molecule has 0 aromatic rings. The van der Waals surface area contributed by atoms with Crippen LogP contribution in [0.1, 0.15) is 279 Å². The molecule has 0 saturated heterocycles. The Morgan fingerprint density at radius 1 is 0.333 bits per heavy atom. The molecule has 0 saturated carbocycles. The Morgan fingerprint density at radius 2 is 0.579 bits per heavy atom. The Balaban J connectivity index is 4.29. The quantitative estimate of drug-likeness (QED) is 0.0346. The largest absolute Gasteiger partial charge is 0.462 e. The van der Waals surface area contributed by atoms with Gasteiger partial charge in [-0.1, -0.05) is 240 Å². The number of rotatable bonds is 45. The molecule has 0 aliphatic heterocycles. The van der Waals surface area contributed by atoms with Crippen molar-refractivity contribution in [3.63, 3.8) is 0 Å². The first-order valence-electron chi connectivity index (χ1n) is 25.2. The lowest BCUT2D eigenvalue weighted by molar-refractivity contribution is -0.167. The Kier molecular flexibility index (Phi) is 42.7. The van der Waals surface area contributed by atoms with E-state index in [2.05, 4.69) is 34.6 Å². The Bertz CT molecular complexity index is 870. The van der Waals surface area contributed by atoms with Crippen molar-refractivity contribution in [2.45, 2.75) is 285 Å². The van der Waals surface area contributed by atoms with Gasteiger partial charge in [-0.05, 0) is 31.1 Å². The van der Waals surface area contributed by atoms with E-state index in [1.54, 1.807) is 0 Å². The van der Waals surface area contributed by atoms with Gasteiger partial charge in [0.1, 0.15) is 13.2 Å². The van der Waals surface area contributed by atoms with Crippen LogP contribution in [0.2, 0.25) is 0 Å². The second kappa shape index (κ2) is 44.0. The van der Waals surface area contributed by atoms with Crippen molar-refractivity contribution in [1.29, 1.82) is 0 Å². The molecule has 338 valence electrons. The molecule has 6 heteroatoms. The molecule has 0 spiro atoms. The summed E-state index contributed by atoms with van der Waals surface area (Å²) >= 11 is 0. The molecule has 0 amide bonds. The van der Waals surface area contributed by atoms with Gasteiger partial charge >= 0.3 is 17.9 Å². The van der Waals surface area contributed by atoms with E-state index in [9.17, 15) is 14.4 Å². The second-order valence-electron chi connectivity index (χ2n) is 18.4. The van der Waals surface area contributed by atoms with Crippen LogP contribution in [0.15, 0.2) is 0 Å². The number of ether oxygens (including phenoxy) is 3. The highest BCUT2D eigenvalue weighted by Crippen LogP contribution is 2.17. The fraction of sp³-hybridized carbons (Fsp3) is 0.941. The molecule has 0 unspecified atom stereocenters. The monoisotopic (exact) mass is 807 g/mol. The van der Waals surface area contributed by atoms with E-state index in [0.29, 0.717) is 19.3 Å². The lowest BCUT2D eigenvalue weighted by Crippen LogP contribution is -2.30. The van der Waals surface area contributed by atoms with Gasteiger partial charge in [0.15, 0.2) is 6.10 Å². The molecule has 0 bridgehead atoms. The molecular weight excluding hydrogens is 709 g/mol. The van der Waals surface area contributed by atoms with Crippen LogP contribution in [0.4, 0.5) is 0 Å². The van der Waals surface area contributed by atoms with Crippen molar-refractivity contribution in [2.24, 2.45) is 11.8 Å². The molecule has 0 heterocycles. The average Bonchev–Trinajstić information content (AvgIpc) is 3.18. The summed E-state index contributed by atoms with van der Waals surface area (Å²) < 4.78 is 16.8. The molecule has 57 heavy (non-hydrogen) atoms. The maximum atomic E-state index is 12.8. The van der Waals surface area contributed by atoms with Gasteiger partial charge in [0.25, 0.3) is 0 Å². The van der Waals surface area contributed by atoms with Crippen LogP contribution in [0.25, 0.3) is 0 Å². The van der Waals surface area contributed by atoms with Crippen molar-refractivity contribution < 1.29 is 28.6 Å². The fourth-order valence-electron chi connectivity index (χ4n) is 7.64. The summed E-state index contributed by atoms with van der Waals surface area (Å²) in [6, 6.07) is 0. The van der Waals surface area contributed by atoms with Crippen molar-refractivity contribution in [2.75, 3.05) is 13.2 Å². The topological polar surface area (TPSA) is 78.9 Å². The number of carbonyl (C=O) groups excluding carboxylic acids is 3. The molecule has 0 rings (SSSR count). The zero-order chi connectivity index (χ0) is 41.9. The van der Waals surface area contributed by atoms with E-state index >= 15 is 0 Å². The minimum atomic E-state index is -0.762. The standard InChI is InChI=1S/C51H98O6/c1-6-7-8-9-10-11-12-13-14-15-16-17-18-21-27-33-38-43-51(54)57-48(45-56-50(53)42-37-32-28-23-25-30-35-40-47(4)5)44-55-49(52)41-36-31-26-22-19-20-24-29-34-39-46(2)3/h46-48H,6-45H2,1-5H3/t48-/m0/s1. The zero-order valence-electron chi connectivity index (χ0n) is 39.0. The van der Waals surface area contributed by atoms with E-state index < -0.39 is 6.10 Å². The molecule has 0 radical (unpaired) electrons. The van der Waals surface area contributed by atoms with Crippen LogP contribution in [-0.2, 0) is 28.6 Å². The third kappa shape index (κ3) is 45.3. The number of esters is 3. The molecule has 0 N–H and O–H groups in total. The van der Waals surface area contributed by atoms with Crippen LogP contribution < -0.4 is 0 Å². The SMILES string of the molecule is CCCCCCCCCCCCCCCCCCCC(=O)O[C@@H](COC(=O)CCCCCCCCCCCC(C)C)COC(=O)CCCCCCCCCC(C)C. The smallest absolute Gasteiger partial charge is 0.306 e. The lowest BCUT2D eigenvalue weighted by atomic mass is 10.0. The predicted molar refractivity (Wildman–Crippen MR) is 243 cm³/mol. The van der Waals surface area contributed by atoms with Crippen LogP contribution in [0, 0.1) is 11.8 Å². The molecule has 6 nitrogen and oxygen atoms in total. The number of unbranched alkanes of at least 4 members (excludes halogenated alkanes) is 30. The summed E-state index contributed by atoms with van der Waals surface area (Å²) in [5, 5.41) is 0. The molecule has 0 aliphatic carbocycles. The summed E-state index contributed by atoms with van der Waals surface area (Å²) in [4.78, 5) is 37.8. The van der Waals surface area contributed by atoms with E-state index in [1.165, 1.54) is 167 Å². The maximum absolute atomic E-state index is 12.8. The molecule has 1 atom stereocenters. The molecule has 0 aromatic heterocycles. The van der Waals surface area contributed by atoms with Crippen LogP contribution in [-0.4, -0.2) is 37.2 Å². The molecule has 0 aromatic carbocycles. The number of hydrogen-bond acceptors (Lipinski definition) is 6. The third-order valence-electron chi connectivity index (χ3n) is 11.5. The predicted octanol–water partition coefficient (Wildman–Crippen LogP) is 16.1. The second-order valence-corrected chi connectivity index (χ2v) is 18.4. The van der Waals surface area contributed by atoms with Crippen molar-refractivity contribution >= 4 is 17.9 Å². The summed E-state index contributed by atoms with van der Waals surface area (Å²) in [6.07, 6.45) is 43.9. The van der Waals surface area contributed by atoms with Crippen molar-refractivity contribution in [3.05, 3.63) is 0 Å². The fourth-order valence-corrected chi connectivity index (χ4v) is 7.64. The van der Waals surface area contributed by atoms with Crippen LogP contribution in [0.3, 0.4) is 0 Å². The summed E-state index contributed by atoms with van der Waals surface area (Å²) in [7, 11) is 0. The van der Waals surface area contributed by atoms with Gasteiger partial charge in [-0.25, -0.2) is 0 Å². The van der Waals surface area contributed by atoms with Gasteiger partial charge < -0.3 is 14.2 Å². The van der Waals surface area contributed by atoms with E-state index in [-0.39, 0.29) is 31.1 Å². The normalized spacial score (nSPS) is 12.1. The molecular formula is C51H98O6. The Morgan fingerprint density at radius 3 is 0.860 bits per heavy atom. The summed E-state index contributed by atoms with van der Waals surface area (Å²) in [5.41, 5.74) is 0. The first-order valence-corrected chi connectivity index (χ1v) is 25.2. The van der Waals surface area contributed by atoms with Crippen molar-refractivity contribution in [1.82, 2.24) is 0 Å². The van der Waals surface area contributed by atoms with E-state index in [0.717, 1.165) is 69.6 Å². The van der Waals surface area contributed by atoms with Gasteiger partial charge in [0.05, 0.1) is 0 Å². The van der Waals surface area contributed by atoms with Crippen molar-refractivity contribution in [3.8, 4) is 0 Å². The first kappa shape index (κ1) is 55.4. The summed E-state index contributed by atoms with van der Waals surface area (Å²) in [6.45, 7) is 11.3. The average molecular weight is 807 g/mol. The van der Waals surface area contributed by atoms with Crippen LogP contribution >= 0.6 is 0 Å². The highest BCUT2D eigenvalue weighted by Gasteiger charge is 2.19.